The minimum Gasteiger partial charge on any atom is -0.482 e. The highest BCUT2D eigenvalue weighted by atomic mass is 19.1. The molecule has 0 aliphatic carbocycles. The van der Waals surface area contributed by atoms with Crippen molar-refractivity contribution in [2.45, 2.75) is 40.0 Å². The third kappa shape index (κ3) is 4.29. The number of aryl methyl sites for hydroxylation is 1. The molecule has 114 valence electrons. The first-order chi connectivity index (χ1) is 9.95. The zero-order valence-corrected chi connectivity index (χ0v) is 12.4. The van der Waals surface area contributed by atoms with Crippen molar-refractivity contribution < 1.29 is 17.9 Å². The summed E-state index contributed by atoms with van der Waals surface area (Å²) in [5, 5.41) is 3.26. The van der Waals surface area contributed by atoms with Crippen molar-refractivity contribution in [1.29, 1.82) is 0 Å². The number of hydrogen-bond acceptors (Lipinski definition) is 3. The molecule has 21 heavy (non-hydrogen) atoms. The molecule has 5 heteroatoms. The van der Waals surface area contributed by atoms with E-state index in [1.54, 1.807) is 0 Å². The van der Waals surface area contributed by atoms with Gasteiger partial charge in [0.15, 0.2) is 11.6 Å². The molecule has 1 N–H and O–H groups in total. The lowest BCUT2D eigenvalue weighted by Gasteiger charge is -2.07. The summed E-state index contributed by atoms with van der Waals surface area (Å²) < 4.78 is 37.4. The molecule has 1 heterocycles. The average Bonchev–Trinajstić information content (AvgIpc) is 2.78. The van der Waals surface area contributed by atoms with E-state index in [-0.39, 0.29) is 12.4 Å². The standard InChI is InChI=1S/C16H19F2NO2/c1-10(2)19-8-16-11(3)6-13(21-16)9-20-15-7-12(17)4-5-14(15)18/h4-7,10,19H,8-9H2,1-3H3. The Hall–Kier alpha value is -1.88. The van der Waals surface area contributed by atoms with Gasteiger partial charge in [0.2, 0.25) is 0 Å². The summed E-state index contributed by atoms with van der Waals surface area (Å²) in [6, 6.07) is 5.31. The van der Waals surface area contributed by atoms with Gasteiger partial charge in [0.25, 0.3) is 0 Å². The molecule has 0 radical (unpaired) electrons. The lowest BCUT2D eigenvalue weighted by molar-refractivity contribution is 0.252. The minimum atomic E-state index is -0.596. The van der Waals surface area contributed by atoms with Crippen molar-refractivity contribution in [3.63, 3.8) is 0 Å². The third-order valence-corrected chi connectivity index (χ3v) is 3.01. The van der Waals surface area contributed by atoms with E-state index in [1.165, 1.54) is 0 Å². The molecule has 0 aliphatic rings. The Morgan fingerprint density at radius 3 is 2.71 bits per heavy atom. The molecule has 0 bridgehead atoms. The topological polar surface area (TPSA) is 34.4 Å². The minimum absolute atomic E-state index is 0.0584. The van der Waals surface area contributed by atoms with Crippen LogP contribution in [-0.4, -0.2) is 6.04 Å². The van der Waals surface area contributed by atoms with E-state index in [1.807, 2.05) is 13.0 Å². The van der Waals surface area contributed by atoms with Crippen LogP contribution < -0.4 is 10.1 Å². The first-order valence-electron chi connectivity index (χ1n) is 6.85. The van der Waals surface area contributed by atoms with Crippen LogP contribution in [0.3, 0.4) is 0 Å². The van der Waals surface area contributed by atoms with Gasteiger partial charge in [-0.3, -0.25) is 0 Å². The molecule has 0 amide bonds. The molecular weight excluding hydrogens is 276 g/mol. The Morgan fingerprint density at radius 2 is 2.00 bits per heavy atom. The van der Waals surface area contributed by atoms with E-state index in [0.29, 0.717) is 18.3 Å². The zero-order chi connectivity index (χ0) is 15.4. The fourth-order valence-corrected chi connectivity index (χ4v) is 1.87. The van der Waals surface area contributed by atoms with Crippen molar-refractivity contribution in [1.82, 2.24) is 5.32 Å². The zero-order valence-electron chi connectivity index (χ0n) is 12.4. The van der Waals surface area contributed by atoms with Crippen LogP contribution >= 0.6 is 0 Å². The van der Waals surface area contributed by atoms with Gasteiger partial charge in [-0.25, -0.2) is 8.78 Å². The second-order valence-electron chi connectivity index (χ2n) is 5.22. The number of benzene rings is 1. The van der Waals surface area contributed by atoms with E-state index in [9.17, 15) is 8.78 Å². The van der Waals surface area contributed by atoms with Crippen molar-refractivity contribution in [2.24, 2.45) is 0 Å². The summed E-state index contributed by atoms with van der Waals surface area (Å²) in [5.41, 5.74) is 1.00. The Kier molecular flexibility index (Phi) is 4.96. The first kappa shape index (κ1) is 15.5. The van der Waals surface area contributed by atoms with Gasteiger partial charge in [0, 0.05) is 12.1 Å². The van der Waals surface area contributed by atoms with Gasteiger partial charge < -0.3 is 14.5 Å². The normalized spacial score (nSPS) is 11.1. The molecule has 2 aromatic rings. The number of hydrogen-bond donors (Lipinski definition) is 1. The molecule has 0 unspecified atom stereocenters. The summed E-state index contributed by atoms with van der Waals surface area (Å²) in [5.74, 6) is 0.148. The van der Waals surface area contributed by atoms with E-state index in [0.717, 1.165) is 29.5 Å². The second-order valence-corrected chi connectivity index (χ2v) is 5.22. The monoisotopic (exact) mass is 295 g/mol. The summed E-state index contributed by atoms with van der Waals surface area (Å²) in [6.45, 7) is 6.72. The van der Waals surface area contributed by atoms with E-state index >= 15 is 0 Å². The quantitative estimate of drug-likeness (QED) is 0.876. The Balaban J connectivity index is 2.00. The highest BCUT2D eigenvalue weighted by Gasteiger charge is 2.10. The van der Waals surface area contributed by atoms with Crippen LogP contribution in [0.15, 0.2) is 28.7 Å². The van der Waals surface area contributed by atoms with Gasteiger partial charge in [-0.1, -0.05) is 13.8 Å². The molecule has 2 rings (SSSR count). The summed E-state index contributed by atoms with van der Waals surface area (Å²) in [6.07, 6.45) is 0. The second kappa shape index (κ2) is 6.72. The molecule has 1 aromatic heterocycles. The summed E-state index contributed by atoms with van der Waals surface area (Å²) >= 11 is 0. The number of nitrogens with one attached hydrogen (secondary N) is 1. The lowest BCUT2D eigenvalue weighted by atomic mass is 10.2. The van der Waals surface area contributed by atoms with Crippen LogP contribution in [0, 0.1) is 18.6 Å². The summed E-state index contributed by atoms with van der Waals surface area (Å²) in [7, 11) is 0. The van der Waals surface area contributed by atoms with Crippen LogP contribution in [0.1, 0.15) is 30.9 Å². The van der Waals surface area contributed by atoms with Crippen LogP contribution in [0.4, 0.5) is 8.78 Å². The maximum atomic E-state index is 13.4. The van der Waals surface area contributed by atoms with Gasteiger partial charge >= 0.3 is 0 Å². The highest BCUT2D eigenvalue weighted by Crippen LogP contribution is 2.21. The predicted molar refractivity (Wildman–Crippen MR) is 76.1 cm³/mol. The first-order valence-corrected chi connectivity index (χ1v) is 6.85. The largest absolute Gasteiger partial charge is 0.482 e. The molecule has 0 spiro atoms. The fourth-order valence-electron chi connectivity index (χ4n) is 1.87. The van der Waals surface area contributed by atoms with Crippen molar-refractivity contribution in [3.05, 3.63) is 53.0 Å². The van der Waals surface area contributed by atoms with E-state index in [4.69, 9.17) is 9.15 Å². The highest BCUT2D eigenvalue weighted by molar-refractivity contribution is 5.25. The average molecular weight is 295 g/mol. The van der Waals surface area contributed by atoms with Gasteiger partial charge in [-0.15, -0.1) is 0 Å². The lowest BCUT2D eigenvalue weighted by Crippen LogP contribution is -2.21. The molecule has 1 aromatic carbocycles. The van der Waals surface area contributed by atoms with Crippen molar-refractivity contribution >= 4 is 0 Å². The van der Waals surface area contributed by atoms with Crippen LogP contribution in [0.5, 0.6) is 5.75 Å². The fraction of sp³-hybridized carbons (Fsp3) is 0.375. The molecule has 0 aliphatic heterocycles. The Bertz CT molecular complexity index is 608. The molecular formula is C16H19F2NO2. The molecule has 0 saturated carbocycles. The summed E-state index contributed by atoms with van der Waals surface area (Å²) in [4.78, 5) is 0. The van der Waals surface area contributed by atoms with Crippen molar-refractivity contribution in [2.75, 3.05) is 0 Å². The Labute approximate surface area is 122 Å². The van der Waals surface area contributed by atoms with Gasteiger partial charge in [0.05, 0.1) is 6.54 Å². The number of furan rings is 1. The van der Waals surface area contributed by atoms with Gasteiger partial charge in [0.1, 0.15) is 23.9 Å². The number of rotatable bonds is 6. The number of ether oxygens (including phenoxy) is 1. The predicted octanol–water partition coefficient (Wildman–Crippen LogP) is 3.94. The third-order valence-electron chi connectivity index (χ3n) is 3.01. The molecule has 3 nitrogen and oxygen atoms in total. The number of halogens is 2. The Morgan fingerprint density at radius 1 is 1.24 bits per heavy atom. The van der Waals surface area contributed by atoms with Gasteiger partial charge in [-0.05, 0) is 30.7 Å². The molecule has 0 fully saturated rings. The van der Waals surface area contributed by atoms with Crippen LogP contribution in [-0.2, 0) is 13.2 Å². The van der Waals surface area contributed by atoms with E-state index in [2.05, 4.69) is 19.2 Å². The maximum Gasteiger partial charge on any atom is 0.165 e. The maximum absolute atomic E-state index is 13.4. The van der Waals surface area contributed by atoms with Crippen LogP contribution in [0.2, 0.25) is 0 Å². The molecule has 0 saturated heterocycles. The SMILES string of the molecule is Cc1cc(COc2cc(F)ccc2F)oc1CNC(C)C. The molecule has 0 atom stereocenters. The van der Waals surface area contributed by atoms with Crippen LogP contribution in [0.25, 0.3) is 0 Å². The van der Waals surface area contributed by atoms with E-state index < -0.39 is 11.6 Å². The van der Waals surface area contributed by atoms with Gasteiger partial charge in [-0.2, -0.15) is 0 Å². The van der Waals surface area contributed by atoms with Crippen molar-refractivity contribution in [3.8, 4) is 5.75 Å². The smallest absolute Gasteiger partial charge is 0.165 e.